The summed E-state index contributed by atoms with van der Waals surface area (Å²) in [6, 6.07) is 15.2. The summed E-state index contributed by atoms with van der Waals surface area (Å²) < 4.78 is 0. The van der Waals surface area contributed by atoms with Crippen molar-refractivity contribution in [1.82, 2.24) is 0 Å². The van der Waals surface area contributed by atoms with Gasteiger partial charge in [-0.2, -0.15) is 0 Å². The first-order valence-corrected chi connectivity index (χ1v) is 9.48. The predicted octanol–water partition coefficient (Wildman–Crippen LogP) is 5.75. The van der Waals surface area contributed by atoms with Crippen LogP contribution in [0.5, 0.6) is 0 Å². The number of ketones is 2. The molecule has 0 spiro atoms. The fourth-order valence-corrected chi connectivity index (χ4v) is 3.63. The van der Waals surface area contributed by atoms with Crippen LogP contribution < -0.4 is 0 Å². The van der Waals surface area contributed by atoms with Crippen molar-refractivity contribution >= 4 is 11.6 Å². The van der Waals surface area contributed by atoms with Crippen LogP contribution in [-0.4, -0.2) is 11.6 Å². The average Bonchev–Trinajstić information content (AvgIpc) is 2.90. The van der Waals surface area contributed by atoms with Crippen molar-refractivity contribution in [1.29, 1.82) is 0 Å². The second-order valence-corrected chi connectivity index (χ2v) is 6.97. The Morgan fingerprint density at radius 3 is 1.88 bits per heavy atom. The van der Waals surface area contributed by atoms with E-state index >= 15 is 0 Å². The molecular weight excluding hydrogens is 308 g/mol. The quantitative estimate of drug-likeness (QED) is 0.455. The summed E-state index contributed by atoms with van der Waals surface area (Å²) >= 11 is 0. The maximum Gasteiger partial charge on any atom is 0.178 e. The van der Waals surface area contributed by atoms with Crippen LogP contribution in [0.3, 0.4) is 0 Å². The molecule has 130 valence electrons. The van der Waals surface area contributed by atoms with Gasteiger partial charge in [-0.15, -0.1) is 0 Å². The van der Waals surface area contributed by atoms with E-state index in [4.69, 9.17) is 0 Å². The van der Waals surface area contributed by atoms with Crippen molar-refractivity contribution in [2.24, 2.45) is 0 Å². The Morgan fingerprint density at radius 2 is 1.28 bits per heavy atom. The first-order valence-electron chi connectivity index (χ1n) is 9.48. The summed E-state index contributed by atoms with van der Waals surface area (Å²) in [5.41, 5.74) is 3.23. The zero-order valence-electron chi connectivity index (χ0n) is 15.0. The molecular formula is C23H26O2. The zero-order valence-corrected chi connectivity index (χ0v) is 15.0. The number of unbranched alkanes of at least 4 members (excludes halogenated alkanes) is 5. The lowest BCUT2D eigenvalue weighted by molar-refractivity contribution is 0.0890. The van der Waals surface area contributed by atoms with Gasteiger partial charge in [0.1, 0.15) is 5.92 Å². The number of benzene rings is 2. The van der Waals surface area contributed by atoms with E-state index in [1.165, 1.54) is 44.1 Å². The Labute approximate surface area is 150 Å². The van der Waals surface area contributed by atoms with E-state index in [1.807, 2.05) is 24.3 Å². The highest BCUT2D eigenvalue weighted by Gasteiger charge is 2.39. The second kappa shape index (κ2) is 8.24. The number of fused-ring (bicyclic) bond motifs is 1. The molecule has 0 bridgehead atoms. The average molecular weight is 334 g/mol. The largest absolute Gasteiger partial charge is 0.293 e. The van der Waals surface area contributed by atoms with E-state index in [2.05, 4.69) is 19.1 Å². The molecule has 2 aromatic carbocycles. The summed E-state index contributed by atoms with van der Waals surface area (Å²) in [6.45, 7) is 2.24. The molecule has 2 heteroatoms. The fraction of sp³-hybridized carbons (Fsp3) is 0.391. The molecule has 0 aliphatic heterocycles. The SMILES string of the molecule is CCCCCCCCc1ccc(C2C(=O)c3ccccc3C2=O)cc1. The smallest absolute Gasteiger partial charge is 0.178 e. The Morgan fingerprint density at radius 1 is 0.720 bits per heavy atom. The molecule has 0 saturated carbocycles. The minimum absolute atomic E-state index is 0.0655. The summed E-state index contributed by atoms with van der Waals surface area (Å²) in [7, 11) is 0. The van der Waals surface area contributed by atoms with Crippen molar-refractivity contribution in [3.63, 3.8) is 0 Å². The van der Waals surface area contributed by atoms with Crippen molar-refractivity contribution in [3.05, 3.63) is 70.8 Å². The Hall–Kier alpha value is -2.22. The highest BCUT2D eigenvalue weighted by atomic mass is 16.2. The van der Waals surface area contributed by atoms with Gasteiger partial charge in [-0.05, 0) is 24.0 Å². The Kier molecular flexibility index (Phi) is 5.80. The zero-order chi connectivity index (χ0) is 17.6. The van der Waals surface area contributed by atoms with Gasteiger partial charge in [0.05, 0.1) is 0 Å². The van der Waals surface area contributed by atoms with E-state index < -0.39 is 5.92 Å². The Balaban J connectivity index is 1.60. The molecule has 0 radical (unpaired) electrons. The third-order valence-electron chi connectivity index (χ3n) is 5.11. The van der Waals surface area contributed by atoms with Crippen molar-refractivity contribution in [2.45, 2.75) is 57.8 Å². The molecule has 2 aromatic rings. The normalized spacial score (nSPS) is 14.1. The topological polar surface area (TPSA) is 34.1 Å². The second-order valence-electron chi connectivity index (χ2n) is 6.97. The van der Waals surface area contributed by atoms with Crippen molar-refractivity contribution < 1.29 is 9.59 Å². The van der Waals surface area contributed by atoms with E-state index in [0.717, 1.165) is 12.0 Å². The van der Waals surface area contributed by atoms with Gasteiger partial charge in [-0.3, -0.25) is 9.59 Å². The lowest BCUT2D eigenvalue weighted by Gasteiger charge is -2.09. The molecule has 0 unspecified atom stereocenters. The highest BCUT2D eigenvalue weighted by molar-refractivity contribution is 6.29. The predicted molar refractivity (Wildman–Crippen MR) is 101 cm³/mol. The lowest BCUT2D eigenvalue weighted by Crippen LogP contribution is -2.12. The molecule has 0 saturated heterocycles. The van der Waals surface area contributed by atoms with Crippen molar-refractivity contribution in [2.75, 3.05) is 0 Å². The van der Waals surface area contributed by atoms with E-state index in [0.29, 0.717) is 11.1 Å². The Bertz CT molecular complexity index is 708. The number of rotatable bonds is 8. The first kappa shape index (κ1) is 17.6. The number of aryl methyl sites for hydroxylation is 1. The molecule has 0 fully saturated rings. The molecule has 2 nitrogen and oxygen atoms in total. The summed E-state index contributed by atoms with van der Waals surface area (Å²) in [5, 5.41) is 0. The van der Waals surface area contributed by atoms with Crippen LogP contribution in [0.1, 0.15) is 83.2 Å². The first-order chi connectivity index (χ1) is 12.2. The summed E-state index contributed by atoms with van der Waals surface area (Å²) in [4.78, 5) is 25.1. The molecule has 1 aliphatic rings. The van der Waals surface area contributed by atoms with E-state index in [1.54, 1.807) is 12.1 Å². The van der Waals surface area contributed by atoms with Crippen LogP contribution >= 0.6 is 0 Å². The summed E-state index contributed by atoms with van der Waals surface area (Å²) in [5.74, 6) is -0.783. The minimum atomic E-state index is -0.652. The maximum absolute atomic E-state index is 12.6. The van der Waals surface area contributed by atoms with Gasteiger partial charge in [0, 0.05) is 11.1 Å². The van der Waals surface area contributed by atoms with E-state index in [9.17, 15) is 9.59 Å². The fourth-order valence-electron chi connectivity index (χ4n) is 3.63. The molecule has 0 aromatic heterocycles. The van der Waals surface area contributed by atoms with Gasteiger partial charge in [0.15, 0.2) is 11.6 Å². The van der Waals surface area contributed by atoms with Crippen LogP contribution in [0.25, 0.3) is 0 Å². The summed E-state index contributed by atoms with van der Waals surface area (Å²) in [6.07, 6.45) is 8.81. The molecule has 1 aliphatic carbocycles. The third-order valence-corrected chi connectivity index (χ3v) is 5.11. The van der Waals surface area contributed by atoms with Crippen LogP contribution in [-0.2, 0) is 6.42 Å². The number of Topliss-reactive ketones (excluding diaryl/α,β-unsaturated/α-hetero) is 2. The van der Waals surface area contributed by atoms with Crippen LogP contribution in [0.2, 0.25) is 0 Å². The standard InChI is InChI=1S/C23H26O2/c1-2-3-4-5-6-7-10-17-13-15-18(16-14-17)21-22(24)19-11-8-9-12-20(19)23(21)25/h8-9,11-16,21H,2-7,10H2,1H3. The molecule has 0 heterocycles. The van der Waals surface area contributed by atoms with Gasteiger partial charge < -0.3 is 0 Å². The maximum atomic E-state index is 12.6. The van der Waals surface area contributed by atoms with Gasteiger partial charge in [0.25, 0.3) is 0 Å². The van der Waals surface area contributed by atoms with Crippen LogP contribution in [0.4, 0.5) is 0 Å². The third kappa shape index (κ3) is 3.89. The van der Waals surface area contributed by atoms with Gasteiger partial charge in [-0.1, -0.05) is 87.6 Å². The molecule has 25 heavy (non-hydrogen) atoms. The lowest BCUT2D eigenvalue weighted by atomic mass is 9.93. The van der Waals surface area contributed by atoms with Crippen LogP contribution in [0, 0.1) is 0 Å². The molecule has 0 N–H and O–H groups in total. The van der Waals surface area contributed by atoms with Gasteiger partial charge in [-0.25, -0.2) is 0 Å². The number of carbonyl (C=O) groups is 2. The monoisotopic (exact) mass is 334 g/mol. The molecule has 0 atom stereocenters. The molecule has 0 amide bonds. The number of carbonyl (C=O) groups excluding carboxylic acids is 2. The molecule has 3 rings (SSSR count). The number of hydrogen-bond donors (Lipinski definition) is 0. The highest BCUT2D eigenvalue weighted by Crippen LogP contribution is 2.33. The van der Waals surface area contributed by atoms with Gasteiger partial charge in [0.2, 0.25) is 0 Å². The minimum Gasteiger partial charge on any atom is -0.293 e. The van der Waals surface area contributed by atoms with E-state index in [-0.39, 0.29) is 11.6 Å². The van der Waals surface area contributed by atoms with Crippen molar-refractivity contribution in [3.8, 4) is 0 Å². The number of hydrogen-bond acceptors (Lipinski definition) is 2. The van der Waals surface area contributed by atoms with Gasteiger partial charge >= 0.3 is 0 Å². The van der Waals surface area contributed by atoms with Crippen LogP contribution in [0.15, 0.2) is 48.5 Å².